The van der Waals surface area contributed by atoms with Crippen molar-refractivity contribution in [1.82, 2.24) is 10.2 Å². The highest BCUT2D eigenvalue weighted by Gasteiger charge is 2.62. The number of phenolic OH excluding ortho intramolecular Hbond substituents is 1. The molecule has 5 atom stereocenters. The van der Waals surface area contributed by atoms with Crippen LogP contribution in [0.4, 0.5) is 0 Å². The van der Waals surface area contributed by atoms with Gasteiger partial charge in [-0.2, -0.15) is 0 Å². The second-order valence-electron chi connectivity index (χ2n) is 9.66. The van der Waals surface area contributed by atoms with Crippen molar-refractivity contribution in [2.45, 2.75) is 49.7 Å². The largest absolute Gasteiger partial charge is 0.507 e. The average Bonchev–Trinajstić information content (AvgIpc) is 3.28. The third-order valence-electron chi connectivity index (χ3n) is 7.76. The van der Waals surface area contributed by atoms with Crippen molar-refractivity contribution in [3.63, 3.8) is 0 Å². The van der Waals surface area contributed by atoms with Crippen molar-refractivity contribution in [1.29, 1.82) is 0 Å². The fourth-order valence-corrected chi connectivity index (χ4v) is 6.13. The van der Waals surface area contributed by atoms with E-state index in [2.05, 4.69) is 10.2 Å². The van der Waals surface area contributed by atoms with Crippen LogP contribution in [0.3, 0.4) is 0 Å². The minimum atomic E-state index is -2.35. The maximum atomic E-state index is 13.5. The first-order valence-electron chi connectivity index (χ1n) is 11.5. The predicted molar refractivity (Wildman–Crippen MR) is 116 cm³/mol. The molecule has 1 aromatic rings. The van der Waals surface area contributed by atoms with Gasteiger partial charge in [0.05, 0.1) is 24.3 Å². The first-order chi connectivity index (χ1) is 15.7. The number of phenols is 1. The SMILES string of the molecule is O=C(NCN1CCCC1)C1c2cccc(O)c2C(O)=C2C(=O)C3(O)C(=O)CC(O)CC3CC21. The molecule has 1 aliphatic heterocycles. The van der Waals surface area contributed by atoms with E-state index < -0.39 is 46.8 Å². The van der Waals surface area contributed by atoms with Gasteiger partial charge in [-0.05, 0) is 50.4 Å². The molecule has 9 nitrogen and oxygen atoms in total. The van der Waals surface area contributed by atoms with Crippen molar-refractivity contribution in [2.75, 3.05) is 19.8 Å². The lowest BCUT2D eigenvalue weighted by Crippen LogP contribution is -2.62. The highest BCUT2D eigenvalue weighted by Crippen LogP contribution is 2.54. The molecular weight excluding hydrogens is 428 g/mol. The van der Waals surface area contributed by atoms with Crippen molar-refractivity contribution < 1.29 is 34.8 Å². The molecule has 33 heavy (non-hydrogen) atoms. The van der Waals surface area contributed by atoms with Crippen molar-refractivity contribution in [3.05, 3.63) is 34.9 Å². The number of carbonyl (C=O) groups excluding carboxylic acids is 3. The molecule has 3 fully saturated rings. The minimum Gasteiger partial charge on any atom is -0.507 e. The number of fused-ring (bicyclic) bond motifs is 3. The first-order valence-corrected chi connectivity index (χ1v) is 11.5. The highest BCUT2D eigenvalue weighted by atomic mass is 16.3. The molecule has 0 spiro atoms. The molecule has 1 aromatic carbocycles. The second-order valence-corrected chi connectivity index (χ2v) is 9.66. The normalized spacial score (nSPS) is 34.0. The van der Waals surface area contributed by atoms with Crippen LogP contribution in [0.2, 0.25) is 0 Å². The quantitative estimate of drug-likeness (QED) is 0.415. The molecule has 0 radical (unpaired) electrons. The van der Waals surface area contributed by atoms with E-state index in [1.165, 1.54) is 6.07 Å². The number of hydrogen-bond acceptors (Lipinski definition) is 8. The Morgan fingerprint density at radius 2 is 1.88 bits per heavy atom. The summed E-state index contributed by atoms with van der Waals surface area (Å²) in [6.45, 7) is 2.11. The number of aromatic hydroxyl groups is 1. The van der Waals surface area contributed by atoms with Crippen LogP contribution in [-0.2, 0) is 14.4 Å². The number of rotatable bonds is 3. The van der Waals surface area contributed by atoms with Gasteiger partial charge in [-0.3, -0.25) is 19.3 Å². The Morgan fingerprint density at radius 1 is 1.15 bits per heavy atom. The summed E-state index contributed by atoms with van der Waals surface area (Å²) >= 11 is 0. The van der Waals surface area contributed by atoms with E-state index in [0.717, 1.165) is 25.9 Å². The highest BCUT2D eigenvalue weighted by molar-refractivity contribution is 6.21. The summed E-state index contributed by atoms with van der Waals surface area (Å²) in [7, 11) is 0. The van der Waals surface area contributed by atoms with Crippen molar-refractivity contribution in [2.24, 2.45) is 11.8 Å². The molecule has 1 amide bonds. The molecule has 3 aliphatic carbocycles. The van der Waals surface area contributed by atoms with E-state index >= 15 is 0 Å². The van der Waals surface area contributed by atoms with Gasteiger partial charge >= 0.3 is 0 Å². The van der Waals surface area contributed by atoms with Crippen LogP contribution in [0.15, 0.2) is 23.8 Å². The summed E-state index contributed by atoms with van der Waals surface area (Å²) in [5.74, 6) is -5.44. The number of amides is 1. The van der Waals surface area contributed by atoms with E-state index in [9.17, 15) is 34.8 Å². The van der Waals surface area contributed by atoms with E-state index in [1.807, 2.05) is 0 Å². The van der Waals surface area contributed by atoms with Gasteiger partial charge in [0.1, 0.15) is 11.5 Å². The lowest BCUT2D eigenvalue weighted by molar-refractivity contribution is -0.167. The molecule has 5 rings (SSSR count). The van der Waals surface area contributed by atoms with Crippen LogP contribution in [0.25, 0.3) is 5.76 Å². The van der Waals surface area contributed by atoms with Crippen LogP contribution in [0.1, 0.15) is 49.1 Å². The number of nitrogens with one attached hydrogen (secondary N) is 1. The van der Waals surface area contributed by atoms with Crippen molar-refractivity contribution >= 4 is 23.2 Å². The third kappa shape index (κ3) is 3.29. The molecule has 9 heteroatoms. The van der Waals surface area contributed by atoms with Crippen LogP contribution in [0, 0.1) is 11.8 Å². The van der Waals surface area contributed by atoms with E-state index in [-0.39, 0.29) is 42.1 Å². The van der Waals surface area contributed by atoms with E-state index in [4.69, 9.17) is 0 Å². The number of nitrogens with zero attached hydrogens (tertiary/aromatic N) is 1. The molecule has 1 heterocycles. The van der Waals surface area contributed by atoms with Gasteiger partial charge in [0.15, 0.2) is 11.4 Å². The summed E-state index contributed by atoms with van der Waals surface area (Å²) in [6.07, 6.45) is 0.917. The second kappa shape index (κ2) is 7.93. The van der Waals surface area contributed by atoms with Gasteiger partial charge in [0, 0.05) is 23.8 Å². The zero-order valence-electron chi connectivity index (χ0n) is 18.2. The van der Waals surface area contributed by atoms with E-state index in [0.29, 0.717) is 12.2 Å². The number of aliphatic hydroxyl groups excluding tert-OH is 2. The lowest BCUT2D eigenvalue weighted by Gasteiger charge is -2.48. The molecule has 4 aliphatic rings. The first kappa shape index (κ1) is 22.1. The number of benzene rings is 1. The summed E-state index contributed by atoms with van der Waals surface area (Å²) in [6, 6.07) is 4.55. The predicted octanol–water partition coefficient (Wildman–Crippen LogP) is 0.588. The fraction of sp³-hybridized carbons (Fsp3) is 0.542. The number of carbonyl (C=O) groups is 3. The Morgan fingerprint density at radius 3 is 2.61 bits per heavy atom. The zero-order chi connectivity index (χ0) is 23.5. The monoisotopic (exact) mass is 456 g/mol. The topological polar surface area (TPSA) is 147 Å². The number of hydrogen-bond donors (Lipinski definition) is 5. The molecule has 176 valence electrons. The number of ketones is 2. The smallest absolute Gasteiger partial charge is 0.229 e. The number of Topliss-reactive ketones (excluding diaryl/α,β-unsaturated/α-hetero) is 2. The van der Waals surface area contributed by atoms with Gasteiger partial charge in [-0.1, -0.05) is 12.1 Å². The van der Waals surface area contributed by atoms with Gasteiger partial charge in [0.25, 0.3) is 0 Å². The van der Waals surface area contributed by atoms with Gasteiger partial charge in [0.2, 0.25) is 11.7 Å². The minimum absolute atomic E-state index is 0.0243. The van der Waals surface area contributed by atoms with Crippen LogP contribution in [-0.4, -0.2) is 74.3 Å². The third-order valence-corrected chi connectivity index (χ3v) is 7.76. The maximum Gasteiger partial charge on any atom is 0.229 e. The molecule has 0 aromatic heterocycles. The zero-order valence-corrected chi connectivity index (χ0v) is 18.2. The maximum absolute atomic E-state index is 13.5. The van der Waals surface area contributed by atoms with Gasteiger partial charge in [-0.25, -0.2) is 0 Å². The van der Waals surface area contributed by atoms with Gasteiger partial charge in [-0.15, -0.1) is 0 Å². The Labute approximate surface area is 190 Å². The fourth-order valence-electron chi connectivity index (χ4n) is 6.13. The van der Waals surface area contributed by atoms with Gasteiger partial charge < -0.3 is 25.7 Å². The number of aliphatic hydroxyl groups is 3. The van der Waals surface area contributed by atoms with Crippen LogP contribution < -0.4 is 5.32 Å². The summed E-state index contributed by atoms with van der Waals surface area (Å²) in [5, 5.41) is 45.7. The van der Waals surface area contributed by atoms with Crippen molar-refractivity contribution in [3.8, 4) is 5.75 Å². The molecule has 5 unspecified atom stereocenters. The van der Waals surface area contributed by atoms with Crippen LogP contribution in [0.5, 0.6) is 5.75 Å². The Balaban J connectivity index is 1.58. The molecule has 5 N–H and O–H groups in total. The molecule has 2 saturated carbocycles. The Kier molecular flexibility index (Phi) is 5.30. The lowest BCUT2D eigenvalue weighted by atomic mass is 9.56. The summed E-state index contributed by atoms with van der Waals surface area (Å²) in [4.78, 5) is 41.7. The molecule has 0 bridgehead atoms. The number of likely N-dealkylation sites (tertiary alicyclic amines) is 1. The Hall–Kier alpha value is -2.75. The molecule has 1 saturated heterocycles. The summed E-state index contributed by atoms with van der Waals surface area (Å²) in [5.41, 5.74) is -2.18. The standard InChI is InChI=1S/C24H28N2O7/c27-13-8-12-9-15-18(23(32)25-11-26-6-1-2-7-26)14-4-3-5-16(28)19(14)21(30)20(15)22(31)24(12,33)17(29)10-13/h3-5,12-13,15,18,27-28,30,33H,1-2,6-11H2,(H,25,32). The van der Waals surface area contributed by atoms with E-state index in [1.54, 1.807) is 12.1 Å². The molecular formula is C24H28N2O7. The van der Waals surface area contributed by atoms with Crippen LogP contribution >= 0.6 is 0 Å². The Bertz CT molecular complexity index is 1060. The summed E-state index contributed by atoms with van der Waals surface area (Å²) < 4.78 is 0. The average molecular weight is 456 g/mol.